The predicted octanol–water partition coefficient (Wildman–Crippen LogP) is 3.48. The second-order valence-electron chi connectivity index (χ2n) is 2.34. The van der Waals surface area contributed by atoms with Crippen LogP contribution in [0.3, 0.4) is 0 Å². The van der Waals surface area contributed by atoms with E-state index >= 15 is 0 Å². The van der Waals surface area contributed by atoms with E-state index in [1.54, 1.807) is 0 Å². The van der Waals surface area contributed by atoms with Crippen LogP contribution >= 0.6 is 0 Å². The molecule has 1 aromatic rings. The third kappa shape index (κ3) is 3.28. The first-order chi connectivity index (χ1) is 5.91. The van der Waals surface area contributed by atoms with Gasteiger partial charge in [0.1, 0.15) is 0 Å². The molecule has 82 valence electrons. The van der Waals surface area contributed by atoms with Crippen LogP contribution in [0.2, 0.25) is 0 Å². The standard InChI is InChI=1S/C8H4F5.Pd/c9-7(10)5-2-1-3-6(4-5)8(11,12)13;/h1-4H;/q-1;. The van der Waals surface area contributed by atoms with E-state index < -0.39 is 23.7 Å². The third-order valence-electron chi connectivity index (χ3n) is 1.41. The summed E-state index contributed by atoms with van der Waals surface area (Å²) in [7, 11) is 0. The Bertz CT molecular complexity index is 294. The van der Waals surface area contributed by atoms with E-state index in [9.17, 15) is 22.0 Å². The molecule has 0 unspecified atom stereocenters. The largest absolute Gasteiger partial charge is 0.405 e. The second-order valence-corrected chi connectivity index (χ2v) is 2.34. The Balaban J connectivity index is 0.00000169. The molecule has 0 aromatic heterocycles. The van der Waals surface area contributed by atoms with Gasteiger partial charge in [0.05, 0.1) is 0 Å². The minimum Gasteiger partial charge on any atom is -0.251 e. The average molecular weight is 302 g/mol. The molecule has 0 aliphatic heterocycles. The molecule has 1 aromatic carbocycles. The fraction of sp³-hybridized carbons (Fsp3) is 0.125. The van der Waals surface area contributed by atoms with Crippen molar-refractivity contribution in [2.45, 2.75) is 6.18 Å². The molecule has 0 fully saturated rings. The van der Waals surface area contributed by atoms with Crippen LogP contribution in [0.15, 0.2) is 24.3 Å². The van der Waals surface area contributed by atoms with E-state index in [0.717, 1.165) is 18.2 Å². The molecule has 0 bridgehead atoms. The zero-order chi connectivity index (χ0) is 10.1. The van der Waals surface area contributed by atoms with Crippen molar-refractivity contribution in [3.05, 3.63) is 41.8 Å². The third-order valence-corrected chi connectivity index (χ3v) is 1.41. The maximum atomic E-state index is 12.0. The van der Waals surface area contributed by atoms with E-state index in [4.69, 9.17) is 0 Å². The number of rotatable bonds is 1. The van der Waals surface area contributed by atoms with Crippen molar-refractivity contribution in [1.82, 2.24) is 0 Å². The van der Waals surface area contributed by atoms with Crippen LogP contribution in [0.4, 0.5) is 22.0 Å². The van der Waals surface area contributed by atoms with Crippen LogP contribution < -0.4 is 0 Å². The number of hydrogen-bond acceptors (Lipinski definition) is 0. The van der Waals surface area contributed by atoms with Gasteiger partial charge in [0.2, 0.25) is 0 Å². The summed E-state index contributed by atoms with van der Waals surface area (Å²) in [6.45, 7) is 0. The first-order valence-corrected chi connectivity index (χ1v) is 3.27. The Hall–Kier alpha value is -0.598. The maximum Gasteiger partial charge on any atom is 0.405 e. The van der Waals surface area contributed by atoms with Gasteiger partial charge in [-0.1, -0.05) is 6.07 Å². The number of hydrogen-bond donors (Lipinski definition) is 0. The molecule has 0 spiro atoms. The van der Waals surface area contributed by atoms with Crippen LogP contribution in [-0.4, -0.2) is 0 Å². The summed E-state index contributed by atoms with van der Waals surface area (Å²) in [5.74, 6) is 0. The molecule has 14 heavy (non-hydrogen) atoms. The summed E-state index contributed by atoms with van der Waals surface area (Å²) in [5, 5.41) is 0. The van der Waals surface area contributed by atoms with Crippen LogP contribution in [-0.2, 0) is 26.6 Å². The number of halogens is 5. The van der Waals surface area contributed by atoms with Crippen molar-refractivity contribution in [1.29, 1.82) is 0 Å². The van der Waals surface area contributed by atoms with E-state index in [-0.39, 0.29) is 20.4 Å². The van der Waals surface area contributed by atoms with Gasteiger partial charge in [0.15, 0.2) is 6.43 Å². The minimum atomic E-state index is -4.58. The minimum absolute atomic E-state index is 0. The quantitative estimate of drug-likeness (QED) is 0.423. The monoisotopic (exact) mass is 301 g/mol. The topological polar surface area (TPSA) is 0 Å². The molecule has 0 radical (unpaired) electrons. The molecule has 6 heteroatoms. The summed E-state index contributed by atoms with van der Waals surface area (Å²) in [6.07, 6.45) is -6.70. The molecule has 0 atom stereocenters. The Kier molecular flexibility index (Phi) is 4.56. The van der Waals surface area contributed by atoms with Gasteiger partial charge in [0, 0.05) is 20.4 Å². The van der Waals surface area contributed by atoms with Crippen molar-refractivity contribution in [3.63, 3.8) is 0 Å². The van der Waals surface area contributed by atoms with Crippen LogP contribution in [0, 0.1) is 6.43 Å². The molecule has 0 heterocycles. The molecule has 0 nitrogen and oxygen atoms in total. The van der Waals surface area contributed by atoms with Gasteiger partial charge in [0.25, 0.3) is 0 Å². The Morgan fingerprint density at radius 1 is 1.07 bits per heavy atom. The molecule has 0 saturated heterocycles. The van der Waals surface area contributed by atoms with E-state index in [1.807, 2.05) is 0 Å². The molecule has 0 aliphatic rings. The van der Waals surface area contributed by atoms with Gasteiger partial charge < -0.3 is 0 Å². The van der Waals surface area contributed by atoms with Gasteiger partial charge in [-0.2, -0.15) is 19.2 Å². The number of alkyl halides is 3. The van der Waals surface area contributed by atoms with Crippen molar-refractivity contribution in [3.8, 4) is 0 Å². The van der Waals surface area contributed by atoms with Crippen LogP contribution in [0.1, 0.15) is 11.1 Å². The van der Waals surface area contributed by atoms with E-state index in [1.165, 1.54) is 0 Å². The Labute approximate surface area is 90.8 Å². The molecule has 1 rings (SSSR count). The van der Waals surface area contributed by atoms with Gasteiger partial charge in [-0.25, -0.2) is 0 Å². The van der Waals surface area contributed by atoms with Crippen LogP contribution in [0.5, 0.6) is 0 Å². The summed E-state index contributed by atoms with van der Waals surface area (Å²) >= 11 is 0. The molecular formula is C8H4F5Pd-. The SMILES string of the molecule is F[C-](F)c1cccc(C(F)(F)F)c1.[Pd]. The molecule has 0 saturated carbocycles. The van der Waals surface area contributed by atoms with Gasteiger partial charge in [-0.3, -0.25) is 8.78 Å². The summed E-state index contributed by atoms with van der Waals surface area (Å²) in [5.41, 5.74) is -1.77. The summed E-state index contributed by atoms with van der Waals surface area (Å²) < 4.78 is 59.7. The average Bonchev–Trinajstić information content (AvgIpc) is 2.03. The van der Waals surface area contributed by atoms with Crippen LogP contribution in [0.25, 0.3) is 0 Å². The van der Waals surface area contributed by atoms with Gasteiger partial charge in [-0.15, -0.1) is 17.7 Å². The fourth-order valence-corrected chi connectivity index (χ4v) is 0.813. The second kappa shape index (κ2) is 4.76. The van der Waals surface area contributed by atoms with Gasteiger partial charge >= 0.3 is 6.18 Å². The predicted molar refractivity (Wildman–Crippen MR) is 36.0 cm³/mol. The van der Waals surface area contributed by atoms with Gasteiger partial charge in [-0.05, 0) is 5.56 Å². The van der Waals surface area contributed by atoms with E-state index in [2.05, 4.69) is 0 Å². The summed E-state index contributed by atoms with van der Waals surface area (Å²) in [4.78, 5) is 0. The molecule has 0 amide bonds. The Morgan fingerprint density at radius 3 is 2.07 bits per heavy atom. The van der Waals surface area contributed by atoms with Crippen molar-refractivity contribution in [2.24, 2.45) is 0 Å². The summed E-state index contributed by atoms with van der Waals surface area (Å²) in [6, 6.07) is 3.02. The maximum absolute atomic E-state index is 12.0. The smallest absolute Gasteiger partial charge is 0.251 e. The van der Waals surface area contributed by atoms with Crippen molar-refractivity contribution in [2.75, 3.05) is 0 Å². The first-order valence-electron chi connectivity index (χ1n) is 3.27. The Morgan fingerprint density at radius 2 is 1.64 bits per heavy atom. The normalized spacial score (nSPS) is 10.6. The van der Waals surface area contributed by atoms with E-state index in [0.29, 0.717) is 6.07 Å². The van der Waals surface area contributed by atoms with Crippen molar-refractivity contribution < 1.29 is 42.4 Å². The number of benzene rings is 1. The molecule has 0 N–H and O–H groups in total. The molecular weight excluding hydrogens is 297 g/mol. The fourth-order valence-electron chi connectivity index (χ4n) is 0.813. The molecule has 0 aliphatic carbocycles. The zero-order valence-corrected chi connectivity index (χ0v) is 8.07. The first kappa shape index (κ1) is 13.4. The zero-order valence-electron chi connectivity index (χ0n) is 6.52. The van der Waals surface area contributed by atoms with Crippen molar-refractivity contribution >= 4 is 0 Å².